The summed E-state index contributed by atoms with van der Waals surface area (Å²) in [5.74, 6) is -0.0869. The van der Waals surface area contributed by atoms with Crippen LogP contribution in [0.25, 0.3) is 0 Å². The molecule has 0 radical (unpaired) electrons. The van der Waals surface area contributed by atoms with Crippen molar-refractivity contribution in [1.82, 2.24) is 20.4 Å². The summed E-state index contributed by atoms with van der Waals surface area (Å²) >= 11 is 6.14. The Labute approximate surface area is 140 Å². The lowest BCUT2D eigenvalue weighted by Crippen LogP contribution is -2.30. The summed E-state index contributed by atoms with van der Waals surface area (Å²) in [5, 5.41) is 11.1. The lowest BCUT2D eigenvalue weighted by Gasteiger charge is -2.19. The molecule has 0 saturated carbocycles. The number of benzene rings is 1. The fraction of sp³-hybridized carbons (Fsp3) is 0.333. The number of aromatic nitrogens is 2. The van der Waals surface area contributed by atoms with E-state index in [2.05, 4.69) is 15.5 Å². The quantitative estimate of drug-likeness (QED) is 0.901. The number of hydrogen-bond acceptors (Lipinski definition) is 3. The molecule has 0 fully saturated rings. The van der Waals surface area contributed by atoms with E-state index in [0.29, 0.717) is 23.8 Å². The Balaban J connectivity index is 0.00000176. The van der Waals surface area contributed by atoms with E-state index in [1.165, 1.54) is 0 Å². The molecule has 0 atom stereocenters. The minimum Gasteiger partial charge on any atom is -0.336 e. The van der Waals surface area contributed by atoms with E-state index in [0.717, 1.165) is 29.8 Å². The van der Waals surface area contributed by atoms with E-state index in [4.69, 9.17) is 11.6 Å². The zero-order valence-electron chi connectivity index (χ0n) is 12.2. The number of amides is 1. The Bertz CT molecular complexity index is 671. The van der Waals surface area contributed by atoms with Gasteiger partial charge >= 0.3 is 0 Å². The van der Waals surface area contributed by atoms with Gasteiger partial charge in [0.25, 0.3) is 5.91 Å². The molecule has 1 aliphatic rings. The lowest BCUT2D eigenvalue weighted by molar-refractivity contribution is 0.0778. The van der Waals surface area contributed by atoms with Crippen molar-refractivity contribution in [2.45, 2.75) is 19.5 Å². The number of nitrogens with one attached hydrogen (secondary N) is 2. The first-order valence-electron chi connectivity index (χ1n) is 6.92. The monoisotopic (exact) mass is 340 g/mol. The van der Waals surface area contributed by atoms with Crippen molar-refractivity contribution in [3.05, 3.63) is 51.8 Å². The predicted octanol–water partition coefficient (Wildman–Crippen LogP) is 2.40. The first-order valence-corrected chi connectivity index (χ1v) is 7.30. The van der Waals surface area contributed by atoms with Gasteiger partial charge in [-0.05, 0) is 11.6 Å². The predicted molar refractivity (Wildman–Crippen MR) is 88.5 cm³/mol. The van der Waals surface area contributed by atoms with Gasteiger partial charge in [-0.15, -0.1) is 12.4 Å². The molecule has 2 aromatic rings. The zero-order chi connectivity index (χ0) is 14.8. The second-order valence-electron chi connectivity index (χ2n) is 5.21. The molecule has 22 heavy (non-hydrogen) atoms. The van der Waals surface area contributed by atoms with E-state index in [1.807, 2.05) is 24.3 Å². The number of rotatable bonds is 3. The number of hydrogen-bond donors (Lipinski definition) is 2. The Morgan fingerprint density at radius 1 is 1.41 bits per heavy atom. The summed E-state index contributed by atoms with van der Waals surface area (Å²) in [6.45, 7) is 2.07. The molecule has 1 aliphatic heterocycles. The molecule has 3 rings (SSSR count). The normalized spacial score (nSPS) is 13.2. The summed E-state index contributed by atoms with van der Waals surface area (Å²) < 4.78 is 0. The molecule has 0 bridgehead atoms. The van der Waals surface area contributed by atoms with Crippen molar-refractivity contribution < 1.29 is 4.79 Å². The fourth-order valence-corrected chi connectivity index (χ4v) is 2.73. The van der Waals surface area contributed by atoms with Crippen LogP contribution >= 0.6 is 24.0 Å². The van der Waals surface area contributed by atoms with Crippen molar-refractivity contribution in [3.63, 3.8) is 0 Å². The summed E-state index contributed by atoms with van der Waals surface area (Å²) in [4.78, 5) is 14.2. The first-order chi connectivity index (χ1) is 10.2. The van der Waals surface area contributed by atoms with Crippen molar-refractivity contribution in [1.29, 1.82) is 0 Å². The summed E-state index contributed by atoms with van der Waals surface area (Å²) in [5.41, 5.74) is 3.48. The largest absolute Gasteiger partial charge is 0.336 e. The van der Waals surface area contributed by atoms with E-state index in [-0.39, 0.29) is 18.3 Å². The standard InChI is InChI=1S/C15H17ClN4O.ClH/c1-20(9-10-4-2-3-5-12(10)16)15(21)14-11-8-17-7-6-13(11)18-19-14;/h2-5,17H,6-9H2,1H3,(H,18,19);1H. The molecule has 118 valence electrons. The van der Waals surface area contributed by atoms with Crippen molar-refractivity contribution in [2.75, 3.05) is 13.6 Å². The molecule has 1 aromatic carbocycles. The molecular weight excluding hydrogens is 323 g/mol. The van der Waals surface area contributed by atoms with Gasteiger partial charge in [0.1, 0.15) is 0 Å². The molecule has 7 heteroatoms. The third-order valence-electron chi connectivity index (χ3n) is 3.72. The molecule has 2 N–H and O–H groups in total. The Kier molecular flexibility index (Phi) is 5.45. The Morgan fingerprint density at radius 3 is 2.95 bits per heavy atom. The lowest BCUT2D eigenvalue weighted by atomic mass is 10.1. The van der Waals surface area contributed by atoms with Crippen LogP contribution in [-0.2, 0) is 19.5 Å². The van der Waals surface area contributed by atoms with Crippen LogP contribution in [0, 0.1) is 0 Å². The average Bonchev–Trinajstić information content (AvgIpc) is 2.92. The van der Waals surface area contributed by atoms with Crippen LogP contribution < -0.4 is 5.32 Å². The minimum atomic E-state index is -0.0869. The van der Waals surface area contributed by atoms with Gasteiger partial charge in [-0.3, -0.25) is 9.89 Å². The highest BCUT2D eigenvalue weighted by Gasteiger charge is 2.24. The Hall–Kier alpha value is -1.56. The topological polar surface area (TPSA) is 61.0 Å². The number of H-pyrrole nitrogens is 1. The molecule has 5 nitrogen and oxygen atoms in total. The number of nitrogens with zero attached hydrogens (tertiary/aromatic N) is 2. The highest BCUT2D eigenvalue weighted by molar-refractivity contribution is 6.31. The minimum absolute atomic E-state index is 0. The van der Waals surface area contributed by atoms with E-state index in [1.54, 1.807) is 11.9 Å². The summed E-state index contributed by atoms with van der Waals surface area (Å²) in [7, 11) is 1.77. The van der Waals surface area contributed by atoms with Crippen LogP contribution in [0.1, 0.15) is 27.3 Å². The van der Waals surface area contributed by atoms with Gasteiger partial charge in [-0.25, -0.2) is 0 Å². The highest BCUT2D eigenvalue weighted by atomic mass is 35.5. The number of aromatic amines is 1. The van der Waals surface area contributed by atoms with Crippen LogP contribution in [0.5, 0.6) is 0 Å². The highest BCUT2D eigenvalue weighted by Crippen LogP contribution is 2.20. The third-order valence-corrected chi connectivity index (χ3v) is 4.09. The van der Waals surface area contributed by atoms with Crippen LogP contribution in [0.3, 0.4) is 0 Å². The maximum Gasteiger partial charge on any atom is 0.274 e. The molecule has 0 spiro atoms. The maximum atomic E-state index is 12.6. The third kappa shape index (κ3) is 3.27. The fourth-order valence-electron chi connectivity index (χ4n) is 2.54. The average molecular weight is 341 g/mol. The summed E-state index contributed by atoms with van der Waals surface area (Å²) in [6.07, 6.45) is 0.879. The van der Waals surface area contributed by atoms with Crippen molar-refractivity contribution in [3.8, 4) is 0 Å². The van der Waals surface area contributed by atoms with Gasteiger partial charge in [0, 0.05) is 49.4 Å². The molecule has 0 unspecified atom stereocenters. The smallest absolute Gasteiger partial charge is 0.274 e. The van der Waals surface area contributed by atoms with E-state index >= 15 is 0 Å². The van der Waals surface area contributed by atoms with Crippen LogP contribution in [-0.4, -0.2) is 34.6 Å². The van der Waals surface area contributed by atoms with E-state index in [9.17, 15) is 4.79 Å². The number of halogens is 2. The van der Waals surface area contributed by atoms with Gasteiger partial charge in [-0.1, -0.05) is 29.8 Å². The van der Waals surface area contributed by atoms with E-state index < -0.39 is 0 Å². The Morgan fingerprint density at radius 2 is 2.18 bits per heavy atom. The molecule has 0 saturated heterocycles. The molecule has 1 amide bonds. The van der Waals surface area contributed by atoms with Gasteiger partial charge in [-0.2, -0.15) is 5.10 Å². The molecule has 2 heterocycles. The van der Waals surface area contributed by atoms with Crippen LogP contribution in [0.2, 0.25) is 5.02 Å². The second-order valence-corrected chi connectivity index (χ2v) is 5.62. The molecule has 1 aromatic heterocycles. The van der Waals surface area contributed by atoms with Gasteiger partial charge < -0.3 is 10.2 Å². The zero-order valence-corrected chi connectivity index (χ0v) is 13.8. The molecular formula is C15H18Cl2N4O. The van der Waals surface area contributed by atoms with Gasteiger partial charge in [0.15, 0.2) is 5.69 Å². The van der Waals surface area contributed by atoms with Gasteiger partial charge in [0.2, 0.25) is 0 Å². The number of fused-ring (bicyclic) bond motifs is 1. The first kappa shape index (κ1) is 16.8. The van der Waals surface area contributed by atoms with Crippen LogP contribution in [0.15, 0.2) is 24.3 Å². The van der Waals surface area contributed by atoms with Gasteiger partial charge in [0.05, 0.1) is 0 Å². The maximum absolute atomic E-state index is 12.6. The molecule has 0 aliphatic carbocycles. The number of carbonyl (C=O) groups is 1. The van der Waals surface area contributed by atoms with Crippen LogP contribution in [0.4, 0.5) is 0 Å². The SMILES string of the molecule is CN(Cc1ccccc1Cl)C(=O)c1n[nH]c2c1CNCC2.Cl. The second kappa shape index (κ2) is 7.13. The number of carbonyl (C=O) groups excluding carboxylic acids is 1. The summed E-state index contributed by atoms with van der Waals surface area (Å²) in [6, 6.07) is 7.55. The van der Waals surface area contributed by atoms with Crippen molar-refractivity contribution in [2.24, 2.45) is 0 Å². The van der Waals surface area contributed by atoms with Crippen molar-refractivity contribution >= 4 is 29.9 Å².